The molecule has 1 N–H and O–H groups in total. The Bertz CT molecular complexity index is 173. The first-order chi connectivity index (χ1) is 5.95. The third kappa shape index (κ3) is 8.65. The van der Waals surface area contributed by atoms with Crippen molar-refractivity contribution in [1.82, 2.24) is 5.32 Å². The molecule has 0 unspecified atom stereocenters. The van der Waals surface area contributed by atoms with Gasteiger partial charge < -0.3 is 14.8 Å². The highest BCUT2D eigenvalue weighted by molar-refractivity contribution is 5.67. The lowest BCUT2D eigenvalue weighted by atomic mass is 10.2. The van der Waals surface area contributed by atoms with Gasteiger partial charge in [0, 0.05) is 0 Å². The minimum absolute atomic E-state index is 0.155. The molecule has 0 saturated carbocycles. The number of nitrogens with one attached hydrogen (secondary N) is 1. The van der Waals surface area contributed by atoms with Crippen LogP contribution in [0.25, 0.3) is 0 Å². The molecule has 0 spiro atoms. The lowest BCUT2D eigenvalue weighted by Gasteiger charge is -2.19. The van der Waals surface area contributed by atoms with Gasteiger partial charge in [0.15, 0.2) is 0 Å². The summed E-state index contributed by atoms with van der Waals surface area (Å²) >= 11 is 0. The van der Waals surface area contributed by atoms with E-state index in [0.717, 1.165) is 0 Å². The highest BCUT2D eigenvalue weighted by Crippen LogP contribution is 2.05. The molecule has 0 radical (unpaired) electrons. The Hall–Kier alpha value is -1.26. The van der Waals surface area contributed by atoms with Gasteiger partial charge in [-0.25, -0.2) is 4.79 Å². The van der Waals surface area contributed by atoms with Gasteiger partial charge in [-0.2, -0.15) is 0 Å². The topological polar surface area (TPSA) is 64.6 Å². The quantitative estimate of drug-likeness (QED) is 0.522. The van der Waals surface area contributed by atoms with E-state index in [2.05, 4.69) is 10.1 Å². The van der Waals surface area contributed by atoms with Gasteiger partial charge in [0.1, 0.15) is 12.2 Å². The van der Waals surface area contributed by atoms with E-state index in [1.165, 1.54) is 0 Å². The molecule has 0 aliphatic carbocycles. The molecule has 0 fully saturated rings. The van der Waals surface area contributed by atoms with Crippen LogP contribution in [0.3, 0.4) is 0 Å². The summed E-state index contributed by atoms with van der Waals surface area (Å²) in [7, 11) is 0. The second-order valence-electron chi connectivity index (χ2n) is 3.40. The van der Waals surface area contributed by atoms with Crippen LogP contribution in [0.2, 0.25) is 0 Å². The molecule has 76 valence electrons. The van der Waals surface area contributed by atoms with E-state index in [4.69, 9.17) is 4.74 Å². The molecule has 5 nitrogen and oxygen atoms in total. The van der Waals surface area contributed by atoms with E-state index in [1.54, 1.807) is 20.8 Å². The molecule has 0 heterocycles. The molecule has 0 saturated heterocycles. The monoisotopic (exact) mass is 189 g/mol. The predicted molar refractivity (Wildman–Crippen MR) is 46.3 cm³/mol. The van der Waals surface area contributed by atoms with Crippen molar-refractivity contribution >= 4 is 12.6 Å². The van der Waals surface area contributed by atoms with Crippen LogP contribution in [0.1, 0.15) is 20.8 Å². The van der Waals surface area contributed by atoms with Gasteiger partial charge in [0.25, 0.3) is 6.47 Å². The maximum atomic E-state index is 10.9. The van der Waals surface area contributed by atoms with Crippen molar-refractivity contribution in [3.8, 4) is 0 Å². The van der Waals surface area contributed by atoms with Crippen molar-refractivity contribution in [2.24, 2.45) is 0 Å². The largest absolute Gasteiger partial charge is 0.466 e. The number of ether oxygens (including phenoxy) is 2. The normalized spacial score (nSPS) is 10.4. The Morgan fingerprint density at radius 1 is 1.46 bits per heavy atom. The van der Waals surface area contributed by atoms with E-state index in [9.17, 15) is 9.59 Å². The summed E-state index contributed by atoms with van der Waals surface area (Å²) in [6.07, 6.45) is -0.512. The number of carbonyl (C=O) groups excluding carboxylic acids is 2. The van der Waals surface area contributed by atoms with Crippen molar-refractivity contribution in [1.29, 1.82) is 0 Å². The highest BCUT2D eigenvalue weighted by Gasteiger charge is 2.15. The minimum atomic E-state index is -0.512. The van der Waals surface area contributed by atoms with Crippen LogP contribution in [-0.2, 0) is 14.3 Å². The summed E-state index contributed by atoms with van der Waals surface area (Å²) in [5.41, 5.74) is -0.504. The van der Waals surface area contributed by atoms with Gasteiger partial charge in [0.05, 0.1) is 6.54 Å². The summed E-state index contributed by atoms with van der Waals surface area (Å²) in [6, 6.07) is 0. The number of hydrogen-bond acceptors (Lipinski definition) is 4. The van der Waals surface area contributed by atoms with Crippen LogP contribution >= 0.6 is 0 Å². The van der Waals surface area contributed by atoms with Gasteiger partial charge in [-0.3, -0.25) is 4.79 Å². The molecular weight excluding hydrogens is 174 g/mol. The molecule has 0 bridgehead atoms. The zero-order valence-corrected chi connectivity index (χ0v) is 8.12. The Morgan fingerprint density at radius 2 is 2.08 bits per heavy atom. The number of alkyl carbamates (subject to hydrolysis) is 1. The molecule has 5 heteroatoms. The average molecular weight is 189 g/mol. The molecule has 0 rings (SSSR count). The molecule has 13 heavy (non-hydrogen) atoms. The van der Waals surface area contributed by atoms with Gasteiger partial charge in [0.2, 0.25) is 0 Å². The Morgan fingerprint density at radius 3 is 2.54 bits per heavy atom. The summed E-state index contributed by atoms with van der Waals surface area (Å²) in [5, 5.41) is 2.43. The fourth-order valence-electron chi connectivity index (χ4n) is 0.574. The zero-order valence-electron chi connectivity index (χ0n) is 8.12. The fourth-order valence-corrected chi connectivity index (χ4v) is 0.574. The first kappa shape index (κ1) is 11.7. The van der Waals surface area contributed by atoms with E-state index in [1.807, 2.05) is 0 Å². The van der Waals surface area contributed by atoms with Crippen molar-refractivity contribution in [3.05, 3.63) is 0 Å². The molecule has 1 amide bonds. The van der Waals surface area contributed by atoms with Gasteiger partial charge in [-0.15, -0.1) is 0 Å². The summed E-state index contributed by atoms with van der Waals surface area (Å²) in [5.74, 6) is 0. The van der Waals surface area contributed by atoms with Gasteiger partial charge >= 0.3 is 6.09 Å². The Kier molecular flexibility index (Phi) is 4.87. The van der Waals surface area contributed by atoms with Crippen LogP contribution in [0, 0.1) is 0 Å². The highest BCUT2D eigenvalue weighted by atomic mass is 16.6. The standard InChI is InChI=1S/C8H15NO4/c1-8(2,3)13-7(11)9-4-5-12-6-10/h6H,4-5H2,1-3H3,(H,9,11). The van der Waals surface area contributed by atoms with Crippen molar-refractivity contribution < 1.29 is 19.1 Å². The lowest BCUT2D eigenvalue weighted by Crippen LogP contribution is -2.34. The van der Waals surface area contributed by atoms with Crippen LogP contribution in [0.15, 0.2) is 0 Å². The zero-order chi connectivity index (χ0) is 10.3. The third-order valence-corrected chi connectivity index (χ3v) is 0.956. The van der Waals surface area contributed by atoms with E-state index in [0.29, 0.717) is 6.47 Å². The predicted octanol–water partition coefficient (Wildman–Crippen LogP) is 0.684. The van der Waals surface area contributed by atoms with Crippen molar-refractivity contribution in [3.63, 3.8) is 0 Å². The molecule has 0 aromatic rings. The maximum absolute atomic E-state index is 10.9. The molecular formula is C8H15NO4. The molecule has 0 atom stereocenters. The third-order valence-electron chi connectivity index (χ3n) is 0.956. The molecule has 0 aromatic carbocycles. The molecule has 0 aliphatic heterocycles. The van der Waals surface area contributed by atoms with E-state index >= 15 is 0 Å². The van der Waals surface area contributed by atoms with Crippen molar-refractivity contribution in [2.45, 2.75) is 26.4 Å². The Balaban J connectivity index is 3.47. The maximum Gasteiger partial charge on any atom is 0.407 e. The van der Waals surface area contributed by atoms with E-state index in [-0.39, 0.29) is 13.2 Å². The second kappa shape index (κ2) is 5.40. The lowest BCUT2D eigenvalue weighted by molar-refractivity contribution is -0.128. The van der Waals surface area contributed by atoms with Crippen LogP contribution in [-0.4, -0.2) is 31.3 Å². The van der Waals surface area contributed by atoms with Crippen molar-refractivity contribution in [2.75, 3.05) is 13.2 Å². The van der Waals surface area contributed by atoms with Gasteiger partial charge in [-0.05, 0) is 20.8 Å². The van der Waals surface area contributed by atoms with Crippen LogP contribution in [0.5, 0.6) is 0 Å². The second-order valence-corrected chi connectivity index (χ2v) is 3.40. The summed E-state index contributed by atoms with van der Waals surface area (Å²) < 4.78 is 9.29. The summed E-state index contributed by atoms with van der Waals surface area (Å²) in [4.78, 5) is 20.7. The molecule has 0 aliphatic rings. The Labute approximate surface area is 77.4 Å². The number of rotatable bonds is 4. The van der Waals surface area contributed by atoms with Crippen LogP contribution in [0.4, 0.5) is 4.79 Å². The summed E-state index contributed by atoms with van der Waals surface area (Å²) in [6.45, 7) is 6.06. The fraction of sp³-hybridized carbons (Fsp3) is 0.750. The van der Waals surface area contributed by atoms with Gasteiger partial charge in [-0.1, -0.05) is 0 Å². The number of carbonyl (C=O) groups is 2. The number of hydrogen-bond donors (Lipinski definition) is 1. The smallest absolute Gasteiger partial charge is 0.407 e. The minimum Gasteiger partial charge on any atom is -0.466 e. The number of amides is 1. The molecule has 0 aromatic heterocycles. The first-order valence-electron chi connectivity index (χ1n) is 3.98. The first-order valence-corrected chi connectivity index (χ1v) is 3.98. The van der Waals surface area contributed by atoms with Crippen LogP contribution < -0.4 is 5.32 Å². The average Bonchev–Trinajstić information content (AvgIpc) is 1.94. The SMILES string of the molecule is CC(C)(C)OC(=O)NCCOC=O. The van der Waals surface area contributed by atoms with E-state index < -0.39 is 11.7 Å².